The lowest BCUT2D eigenvalue weighted by molar-refractivity contribution is -0.137. The van der Waals surface area contributed by atoms with Gasteiger partial charge in [0.25, 0.3) is 0 Å². The van der Waals surface area contributed by atoms with Crippen LogP contribution in [0, 0.1) is 0 Å². The van der Waals surface area contributed by atoms with Crippen molar-refractivity contribution >= 4 is 5.97 Å². The van der Waals surface area contributed by atoms with Gasteiger partial charge >= 0.3 is 5.97 Å². The van der Waals surface area contributed by atoms with Gasteiger partial charge in [-0.1, -0.05) is 38.1 Å². The molecule has 118 valence electrons. The van der Waals surface area contributed by atoms with Crippen molar-refractivity contribution in [3.05, 3.63) is 35.4 Å². The summed E-state index contributed by atoms with van der Waals surface area (Å²) in [5.41, 5.74) is 2.50. The van der Waals surface area contributed by atoms with E-state index < -0.39 is 5.97 Å². The molecular weight excluding hydrogens is 266 g/mol. The Hall–Kier alpha value is -1.39. The summed E-state index contributed by atoms with van der Waals surface area (Å²) in [7, 11) is 1.64. The number of ether oxygens (including phenoxy) is 1. The molecule has 2 atom stereocenters. The van der Waals surface area contributed by atoms with Crippen LogP contribution in [-0.2, 0) is 16.0 Å². The monoisotopic (exact) mass is 293 g/mol. The van der Waals surface area contributed by atoms with E-state index in [1.54, 1.807) is 7.11 Å². The molecule has 1 aromatic rings. The summed E-state index contributed by atoms with van der Waals surface area (Å²) in [4.78, 5) is 10.9. The highest BCUT2D eigenvalue weighted by Gasteiger charge is 2.13. The van der Waals surface area contributed by atoms with Gasteiger partial charge in [0.2, 0.25) is 0 Å². The van der Waals surface area contributed by atoms with E-state index in [1.807, 2.05) is 0 Å². The van der Waals surface area contributed by atoms with Crippen molar-refractivity contribution in [1.29, 1.82) is 0 Å². The van der Waals surface area contributed by atoms with E-state index in [2.05, 4.69) is 43.4 Å². The molecule has 1 rings (SSSR count). The fraction of sp³-hybridized carbons (Fsp3) is 0.588. The number of aliphatic carboxylic acids is 1. The summed E-state index contributed by atoms with van der Waals surface area (Å²) in [6, 6.07) is 8.45. The van der Waals surface area contributed by atoms with E-state index in [0.717, 1.165) is 12.8 Å². The maximum Gasteiger partial charge on any atom is 0.304 e. The Balaban J connectivity index is 2.62. The van der Waals surface area contributed by atoms with Crippen molar-refractivity contribution in [2.75, 3.05) is 20.3 Å². The second-order valence-corrected chi connectivity index (χ2v) is 5.50. The van der Waals surface area contributed by atoms with Gasteiger partial charge in [-0.15, -0.1) is 0 Å². The number of carboxylic acid groups (broad SMARTS) is 1. The van der Waals surface area contributed by atoms with Crippen molar-refractivity contribution in [2.45, 2.75) is 45.1 Å². The number of methoxy groups -OCH3 is 1. The lowest BCUT2D eigenvalue weighted by atomic mass is 9.95. The zero-order valence-corrected chi connectivity index (χ0v) is 13.3. The molecule has 2 unspecified atom stereocenters. The van der Waals surface area contributed by atoms with Gasteiger partial charge in [0, 0.05) is 19.7 Å². The van der Waals surface area contributed by atoms with Crippen LogP contribution in [0.5, 0.6) is 0 Å². The summed E-state index contributed by atoms with van der Waals surface area (Å²) in [6.07, 6.45) is 1.97. The van der Waals surface area contributed by atoms with Crippen molar-refractivity contribution in [1.82, 2.24) is 5.32 Å². The van der Waals surface area contributed by atoms with Gasteiger partial charge in [-0.25, -0.2) is 0 Å². The Kier molecular flexibility index (Phi) is 8.01. The zero-order chi connectivity index (χ0) is 15.7. The average Bonchev–Trinajstić information content (AvgIpc) is 2.46. The number of hydrogen-bond acceptors (Lipinski definition) is 3. The van der Waals surface area contributed by atoms with Crippen molar-refractivity contribution in [3.8, 4) is 0 Å². The smallest absolute Gasteiger partial charge is 0.304 e. The van der Waals surface area contributed by atoms with Gasteiger partial charge in [-0.2, -0.15) is 0 Å². The molecule has 4 heteroatoms. The first-order valence-electron chi connectivity index (χ1n) is 7.59. The Morgan fingerprint density at radius 2 is 2.00 bits per heavy atom. The molecule has 0 radical (unpaired) electrons. The van der Waals surface area contributed by atoms with Crippen molar-refractivity contribution < 1.29 is 14.6 Å². The Morgan fingerprint density at radius 3 is 2.52 bits per heavy atom. The lowest BCUT2D eigenvalue weighted by Gasteiger charge is -2.17. The minimum absolute atomic E-state index is 0.0629. The fourth-order valence-corrected chi connectivity index (χ4v) is 2.29. The number of rotatable bonds is 10. The third-order valence-electron chi connectivity index (χ3n) is 3.80. The predicted octanol–water partition coefficient (Wildman–Crippen LogP) is 2.82. The van der Waals surface area contributed by atoms with Crippen LogP contribution in [0.15, 0.2) is 24.3 Å². The van der Waals surface area contributed by atoms with Crippen LogP contribution in [0.25, 0.3) is 0 Å². The van der Waals surface area contributed by atoms with Gasteiger partial charge in [-0.3, -0.25) is 4.79 Å². The van der Waals surface area contributed by atoms with Gasteiger partial charge in [0.1, 0.15) is 0 Å². The highest BCUT2D eigenvalue weighted by Crippen LogP contribution is 2.19. The molecule has 4 nitrogen and oxygen atoms in total. The Bertz CT molecular complexity index is 417. The SMILES string of the molecule is CCC(C)c1ccc(CC(CC(=O)O)NCCOC)cc1. The van der Waals surface area contributed by atoms with Crippen LogP contribution < -0.4 is 5.32 Å². The minimum Gasteiger partial charge on any atom is -0.481 e. The minimum atomic E-state index is -0.777. The molecule has 1 aromatic carbocycles. The largest absolute Gasteiger partial charge is 0.481 e. The van der Waals surface area contributed by atoms with Crippen LogP contribution in [-0.4, -0.2) is 37.4 Å². The van der Waals surface area contributed by atoms with E-state index in [-0.39, 0.29) is 12.5 Å². The fourth-order valence-electron chi connectivity index (χ4n) is 2.29. The van der Waals surface area contributed by atoms with E-state index in [9.17, 15) is 4.79 Å². The second-order valence-electron chi connectivity index (χ2n) is 5.50. The molecule has 0 amide bonds. The standard InChI is InChI=1S/C17H27NO3/c1-4-13(2)15-7-5-14(6-8-15)11-16(12-17(19)20)18-9-10-21-3/h5-8,13,16,18H,4,9-12H2,1-3H3,(H,19,20). The molecule has 21 heavy (non-hydrogen) atoms. The van der Waals surface area contributed by atoms with Crippen molar-refractivity contribution in [2.24, 2.45) is 0 Å². The molecule has 2 N–H and O–H groups in total. The molecule has 0 heterocycles. The molecule has 0 aliphatic rings. The van der Waals surface area contributed by atoms with Crippen LogP contribution in [0.1, 0.15) is 43.7 Å². The van der Waals surface area contributed by atoms with E-state index in [1.165, 1.54) is 11.1 Å². The lowest BCUT2D eigenvalue weighted by Crippen LogP contribution is -2.35. The molecular formula is C17H27NO3. The number of hydrogen-bond donors (Lipinski definition) is 2. The normalized spacial score (nSPS) is 13.9. The van der Waals surface area contributed by atoms with E-state index in [4.69, 9.17) is 9.84 Å². The number of benzene rings is 1. The summed E-state index contributed by atoms with van der Waals surface area (Å²) < 4.78 is 4.99. The van der Waals surface area contributed by atoms with E-state index >= 15 is 0 Å². The summed E-state index contributed by atoms with van der Waals surface area (Å²) in [5, 5.41) is 12.2. The highest BCUT2D eigenvalue weighted by atomic mass is 16.5. The third-order valence-corrected chi connectivity index (χ3v) is 3.80. The van der Waals surface area contributed by atoms with E-state index in [0.29, 0.717) is 19.1 Å². The summed E-state index contributed by atoms with van der Waals surface area (Å²) in [5.74, 6) is -0.213. The van der Waals surface area contributed by atoms with Crippen LogP contribution in [0.2, 0.25) is 0 Å². The maximum atomic E-state index is 10.9. The maximum absolute atomic E-state index is 10.9. The zero-order valence-electron chi connectivity index (χ0n) is 13.3. The van der Waals surface area contributed by atoms with Gasteiger partial charge < -0.3 is 15.2 Å². The van der Waals surface area contributed by atoms with Crippen LogP contribution >= 0.6 is 0 Å². The van der Waals surface area contributed by atoms with Gasteiger partial charge in [0.15, 0.2) is 0 Å². The first-order chi connectivity index (χ1) is 10.1. The quantitative estimate of drug-likeness (QED) is 0.651. The molecule has 0 saturated heterocycles. The average molecular weight is 293 g/mol. The molecule has 0 saturated carbocycles. The molecule has 0 aromatic heterocycles. The summed E-state index contributed by atoms with van der Waals surface area (Å²) >= 11 is 0. The van der Waals surface area contributed by atoms with Crippen molar-refractivity contribution in [3.63, 3.8) is 0 Å². The Labute approximate surface area is 127 Å². The van der Waals surface area contributed by atoms with Gasteiger partial charge in [-0.05, 0) is 29.9 Å². The molecule has 0 spiro atoms. The molecule has 0 aliphatic carbocycles. The van der Waals surface area contributed by atoms with Gasteiger partial charge in [0.05, 0.1) is 13.0 Å². The predicted molar refractivity (Wildman–Crippen MR) is 84.8 cm³/mol. The number of carbonyl (C=O) groups is 1. The number of carboxylic acids is 1. The van der Waals surface area contributed by atoms with Crippen LogP contribution in [0.3, 0.4) is 0 Å². The molecule has 0 fully saturated rings. The third kappa shape index (κ3) is 6.74. The Morgan fingerprint density at radius 1 is 1.33 bits per heavy atom. The highest BCUT2D eigenvalue weighted by molar-refractivity contribution is 5.67. The summed E-state index contributed by atoms with van der Waals surface area (Å²) in [6.45, 7) is 5.65. The molecule has 0 bridgehead atoms. The number of nitrogens with one attached hydrogen (secondary N) is 1. The topological polar surface area (TPSA) is 58.6 Å². The first kappa shape index (κ1) is 17.7. The molecule has 0 aliphatic heterocycles. The van der Waals surface area contributed by atoms with Crippen LogP contribution in [0.4, 0.5) is 0 Å². The first-order valence-corrected chi connectivity index (χ1v) is 7.59. The second kappa shape index (κ2) is 9.53.